The monoisotopic (exact) mass is 462 g/mol. The van der Waals surface area contributed by atoms with E-state index in [-0.39, 0.29) is 5.56 Å². The highest BCUT2D eigenvalue weighted by molar-refractivity contribution is 6.31. The molecule has 2 aromatic heterocycles. The van der Waals surface area contributed by atoms with Crippen molar-refractivity contribution in [1.82, 2.24) is 15.0 Å². The van der Waals surface area contributed by atoms with Gasteiger partial charge in [-0.2, -0.15) is 0 Å². The first-order valence-electron chi connectivity index (χ1n) is 10.9. The van der Waals surface area contributed by atoms with Gasteiger partial charge in [-0.3, -0.25) is 0 Å². The maximum atomic E-state index is 11.3. The number of piperidine rings is 1. The minimum Gasteiger partial charge on any atom is -0.492 e. The average Bonchev–Trinajstić information content (AvgIpc) is 3.26. The molecule has 1 fully saturated rings. The largest absolute Gasteiger partial charge is 0.492 e. The quantitative estimate of drug-likeness (QED) is 0.405. The van der Waals surface area contributed by atoms with Crippen molar-refractivity contribution in [2.24, 2.45) is 5.92 Å². The lowest BCUT2D eigenvalue weighted by molar-refractivity contribution is 0.0691. The van der Waals surface area contributed by atoms with Crippen molar-refractivity contribution < 1.29 is 14.6 Å². The summed E-state index contributed by atoms with van der Waals surface area (Å²) in [6.45, 7) is 2.27. The Hall–Kier alpha value is -3.58. The molecule has 5 rings (SSSR count). The third kappa shape index (κ3) is 4.64. The molecule has 0 bridgehead atoms. The molecule has 0 amide bonds. The summed E-state index contributed by atoms with van der Waals surface area (Å²) in [7, 11) is 0. The molecule has 0 aliphatic carbocycles. The number of aromatic carboxylic acids is 1. The second-order valence-electron chi connectivity index (χ2n) is 8.19. The maximum Gasteiger partial charge on any atom is 0.339 e. The molecule has 2 N–H and O–H groups in total. The number of anilines is 1. The SMILES string of the molecule is O=C(O)c1ccccc1OCC1CCN(c2ccc(-c3nc4ccc(Cl)cc4[nH]3)cn2)CC1. The number of aromatic amines is 1. The minimum absolute atomic E-state index is 0.201. The van der Waals surface area contributed by atoms with Gasteiger partial charge in [0.15, 0.2) is 0 Å². The minimum atomic E-state index is -0.971. The fourth-order valence-electron chi connectivity index (χ4n) is 4.14. The van der Waals surface area contributed by atoms with E-state index in [1.165, 1.54) is 0 Å². The average molecular weight is 463 g/mol. The van der Waals surface area contributed by atoms with Crippen LogP contribution in [-0.4, -0.2) is 45.7 Å². The van der Waals surface area contributed by atoms with Gasteiger partial charge in [0.1, 0.15) is 23.0 Å². The number of pyridine rings is 1. The van der Waals surface area contributed by atoms with Crippen molar-refractivity contribution >= 4 is 34.4 Å². The summed E-state index contributed by atoms with van der Waals surface area (Å²) in [4.78, 5) is 26.2. The first-order valence-corrected chi connectivity index (χ1v) is 11.3. The Balaban J connectivity index is 1.18. The number of H-pyrrole nitrogens is 1. The number of halogens is 1. The van der Waals surface area contributed by atoms with Gasteiger partial charge in [0, 0.05) is 29.9 Å². The van der Waals surface area contributed by atoms with E-state index in [2.05, 4.69) is 19.9 Å². The maximum absolute atomic E-state index is 11.3. The zero-order valence-electron chi connectivity index (χ0n) is 17.9. The number of para-hydroxylation sites is 1. The summed E-state index contributed by atoms with van der Waals surface area (Å²) >= 11 is 6.06. The Labute approximate surface area is 196 Å². The van der Waals surface area contributed by atoms with E-state index in [0.29, 0.717) is 23.3 Å². The molecule has 0 atom stereocenters. The summed E-state index contributed by atoms with van der Waals surface area (Å²) in [5, 5.41) is 9.97. The van der Waals surface area contributed by atoms with Gasteiger partial charge in [-0.25, -0.2) is 14.8 Å². The van der Waals surface area contributed by atoms with E-state index in [1.807, 2.05) is 36.5 Å². The molecule has 1 aliphatic rings. The fourth-order valence-corrected chi connectivity index (χ4v) is 4.31. The normalized spacial score (nSPS) is 14.5. The second kappa shape index (κ2) is 9.11. The van der Waals surface area contributed by atoms with Crippen LogP contribution in [0.1, 0.15) is 23.2 Å². The Bertz CT molecular complexity index is 1280. The molecule has 4 aromatic rings. The molecule has 33 heavy (non-hydrogen) atoms. The number of carbonyl (C=O) groups is 1. The van der Waals surface area contributed by atoms with Gasteiger partial charge in [-0.1, -0.05) is 23.7 Å². The molecule has 1 saturated heterocycles. The van der Waals surface area contributed by atoms with Gasteiger partial charge in [0.05, 0.1) is 17.6 Å². The van der Waals surface area contributed by atoms with Gasteiger partial charge in [0.25, 0.3) is 0 Å². The number of hydrogen-bond donors (Lipinski definition) is 2. The van der Waals surface area contributed by atoms with E-state index in [0.717, 1.165) is 54.2 Å². The molecular weight excluding hydrogens is 440 g/mol. The van der Waals surface area contributed by atoms with Crippen molar-refractivity contribution in [3.63, 3.8) is 0 Å². The first-order chi connectivity index (χ1) is 16.1. The number of nitrogens with zero attached hydrogens (tertiary/aromatic N) is 3. The Morgan fingerprint density at radius 3 is 2.73 bits per heavy atom. The van der Waals surface area contributed by atoms with Gasteiger partial charge < -0.3 is 19.7 Å². The topological polar surface area (TPSA) is 91.3 Å². The molecule has 0 radical (unpaired) electrons. The highest BCUT2D eigenvalue weighted by Crippen LogP contribution is 2.27. The summed E-state index contributed by atoms with van der Waals surface area (Å²) in [5.74, 6) is 1.54. The van der Waals surface area contributed by atoms with E-state index >= 15 is 0 Å². The van der Waals surface area contributed by atoms with E-state index in [4.69, 9.17) is 16.3 Å². The van der Waals surface area contributed by atoms with Crippen molar-refractivity contribution in [1.29, 1.82) is 0 Å². The first kappa shape index (κ1) is 21.3. The lowest BCUT2D eigenvalue weighted by atomic mass is 9.97. The van der Waals surface area contributed by atoms with Crippen LogP contribution in [0.15, 0.2) is 60.8 Å². The smallest absolute Gasteiger partial charge is 0.339 e. The molecule has 8 heteroatoms. The number of rotatable bonds is 6. The molecule has 7 nitrogen and oxygen atoms in total. The van der Waals surface area contributed by atoms with Crippen molar-refractivity contribution in [3.05, 3.63) is 71.4 Å². The van der Waals surface area contributed by atoms with Gasteiger partial charge >= 0.3 is 5.97 Å². The van der Waals surface area contributed by atoms with Crippen LogP contribution in [0.4, 0.5) is 5.82 Å². The number of carboxylic acids is 1. The number of hydrogen-bond acceptors (Lipinski definition) is 5. The number of benzene rings is 2. The lowest BCUT2D eigenvalue weighted by Crippen LogP contribution is -2.36. The number of fused-ring (bicyclic) bond motifs is 1. The van der Waals surface area contributed by atoms with Crippen LogP contribution < -0.4 is 9.64 Å². The Morgan fingerprint density at radius 1 is 1.15 bits per heavy atom. The zero-order chi connectivity index (χ0) is 22.8. The van der Waals surface area contributed by atoms with Crippen LogP contribution in [0.25, 0.3) is 22.4 Å². The van der Waals surface area contributed by atoms with Crippen LogP contribution >= 0.6 is 11.6 Å². The summed E-state index contributed by atoms with van der Waals surface area (Å²) in [5.41, 5.74) is 2.89. The van der Waals surface area contributed by atoms with Crippen LogP contribution in [0.5, 0.6) is 5.75 Å². The number of nitrogens with one attached hydrogen (secondary N) is 1. The van der Waals surface area contributed by atoms with Crippen molar-refractivity contribution in [3.8, 4) is 17.1 Å². The predicted octanol–water partition coefficient (Wildman–Crippen LogP) is 5.27. The molecule has 168 valence electrons. The third-order valence-electron chi connectivity index (χ3n) is 6.00. The highest BCUT2D eigenvalue weighted by Gasteiger charge is 2.22. The summed E-state index contributed by atoms with van der Waals surface area (Å²) in [6, 6.07) is 16.4. The van der Waals surface area contributed by atoms with Crippen LogP contribution in [0, 0.1) is 5.92 Å². The molecule has 3 heterocycles. The zero-order valence-corrected chi connectivity index (χ0v) is 18.6. The number of ether oxygens (including phenoxy) is 1. The summed E-state index contributed by atoms with van der Waals surface area (Å²) in [6.07, 6.45) is 3.76. The van der Waals surface area contributed by atoms with E-state index < -0.39 is 5.97 Å². The standard InChI is InChI=1S/C25H23ClN4O3/c26-18-6-7-20-21(13-18)29-24(28-20)17-5-8-23(27-14-17)30-11-9-16(10-12-30)15-33-22-4-2-1-3-19(22)25(31)32/h1-8,13-14,16H,9-12,15H2,(H,28,29)(H,31,32). The van der Waals surface area contributed by atoms with E-state index in [1.54, 1.807) is 24.3 Å². The summed E-state index contributed by atoms with van der Waals surface area (Å²) < 4.78 is 5.84. The molecule has 2 aromatic carbocycles. The second-order valence-corrected chi connectivity index (χ2v) is 8.63. The van der Waals surface area contributed by atoms with Gasteiger partial charge in [-0.15, -0.1) is 0 Å². The van der Waals surface area contributed by atoms with Gasteiger partial charge in [-0.05, 0) is 61.2 Å². The molecule has 0 spiro atoms. The lowest BCUT2D eigenvalue weighted by Gasteiger charge is -2.32. The molecule has 0 unspecified atom stereocenters. The van der Waals surface area contributed by atoms with Crippen LogP contribution in [-0.2, 0) is 0 Å². The highest BCUT2D eigenvalue weighted by atomic mass is 35.5. The number of imidazole rings is 1. The Kier molecular flexibility index (Phi) is 5.88. The van der Waals surface area contributed by atoms with Gasteiger partial charge in [0.2, 0.25) is 0 Å². The molecular formula is C25H23ClN4O3. The molecule has 1 aliphatic heterocycles. The predicted molar refractivity (Wildman–Crippen MR) is 128 cm³/mol. The van der Waals surface area contributed by atoms with Crippen LogP contribution in [0.3, 0.4) is 0 Å². The number of aromatic nitrogens is 3. The van der Waals surface area contributed by atoms with E-state index in [9.17, 15) is 9.90 Å². The number of carboxylic acid groups (broad SMARTS) is 1. The van der Waals surface area contributed by atoms with Crippen LogP contribution in [0.2, 0.25) is 5.02 Å². The van der Waals surface area contributed by atoms with Crippen molar-refractivity contribution in [2.45, 2.75) is 12.8 Å². The Morgan fingerprint density at radius 2 is 1.97 bits per heavy atom. The third-order valence-corrected chi connectivity index (χ3v) is 6.23. The van der Waals surface area contributed by atoms with Crippen molar-refractivity contribution in [2.75, 3.05) is 24.6 Å². The molecule has 0 saturated carbocycles. The fraction of sp³-hybridized carbons (Fsp3) is 0.240.